The highest BCUT2D eigenvalue weighted by Gasteiger charge is 2.36. The van der Waals surface area contributed by atoms with E-state index >= 15 is 0 Å². The summed E-state index contributed by atoms with van der Waals surface area (Å²) >= 11 is 7.72. The molecule has 1 aliphatic rings. The van der Waals surface area contributed by atoms with Gasteiger partial charge in [0.15, 0.2) is 5.13 Å². The van der Waals surface area contributed by atoms with Gasteiger partial charge in [-0.05, 0) is 31.5 Å². The molecule has 35 heavy (non-hydrogen) atoms. The molecule has 2 aromatic heterocycles. The third kappa shape index (κ3) is 5.17. The third-order valence-corrected chi connectivity index (χ3v) is 7.05. The minimum Gasteiger partial charge on any atom is -0.374 e. The number of hydrogen-bond donors (Lipinski definition) is 1. The predicted octanol–water partition coefficient (Wildman–Crippen LogP) is 4.84. The van der Waals surface area contributed by atoms with Gasteiger partial charge in [0.2, 0.25) is 0 Å². The van der Waals surface area contributed by atoms with Gasteiger partial charge in [0.1, 0.15) is 11.5 Å². The normalized spacial score (nSPS) is 18.3. The second-order valence-electron chi connectivity index (χ2n) is 8.13. The highest BCUT2D eigenvalue weighted by molar-refractivity contribution is 7.13. The Labute approximate surface area is 209 Å². The summed E-state index contributed by atoms with van der Waals surface area (Å²) in [7, 11) is 1.53. The molecule has 12 heteroatoms. The van der Waals surface area contributed by atoms with Crippen molar-refractivity contribution in [2.45, 2.75) is 38.6 Å². The molecule has 1 saturated heterocycles. The van der Waals surface area contributed by atoms with Crippen LogP contribution >= 0.6 is 22.9 Å². The molecule has 7 nitrogen and oxygen atoms in total. The Kier molecular flexibility index (Phi) is 7.39. The van der Waals surface area contributed by atoms with Gasteiger partial charge in [0, 0.05) is 43.9 Å². The quantitative estimate of drug-likeness (QED) is 0.474. The second kappa shape index (κ2) is 10.2. The molecular weight excluding hydrogens is 503 g/mol. The third-order valence-electron chi connectivity index (χ3n) is 5.90. The van der Waals surface area contributed by atoms with E-state index in [-0.39, 0.29) is 34.1 Å². The molecule has 4 rings (SSSR count). The van der Waals surface area contributed by atoms with E-state index in [4.69, 9.17) is 16.3 Å². The molecular formula is C23H25ClF3N5O2S. The number of halogens is 4. The first-order valence-electron chi connectivity index (χ1n) is 11.1. The molecule has 0 radical (unpaired) electrons. The lowest BCUT2D eigenvalue weighted by Gasteiger charge is -2.22. The van der Waals surface area contributed by atoms with Gasteiger partial charge >= 0.3 is 6.18 Å². The molecule has 0 unspecified atom stereocenters. The maximum absolute atomic E-state index is 13.4. The largest absolute Gasteiger partial charge is 0.416 e. The number of benzene rings is 1. The van der Waals surface area contributed by atoms with E-state index in [9.17, 15) is 18.0 Å². The van der Waals surface area contributed by atoms with E-state index in [1.54, 1.807) is 6.20 Å². The summed E-state index contributed by atoms with van der Waals surface area (Å²) in [6, 6.07) is 2.84. The van der Waals surface area contributed by atoms with Crippen molar-refractivity contribution < 1.29 is 17.9 Å². The van der Waals surface area contributed by atoms with Crippen LogP contribution in [0.2, 0.25) is 5.02 Å². The van der Waals surface area contributed by atoms with Crippen LogP contribution in [0.3, 0.4) is 0 Å². The zero-order chi connectivity index (χ0) is 25.3. The van der Waals surface area contributed by atoms with Crippen molar-refractivity contribution in [3.63, 3.8) is 0 Å². The smallest absolute Gasteiger partial charge is 0.374 e. The van der Waals surface area contributed by atoms with E-state index in [2.05, 4.69) is 20.2 Å². The number of aromatic nitrogens is 3. The van der Waals surface area contributed by atoms with Crippen LogP contribution in [-0.4, -0.2) is 46.4 Å². The summed E-state index contributed by atoms with van der Waals surface area (Å²) in [6.45, 7) is 5.53. The molecule has 1 N–H and O–H groups in total. The van der Waals surface area contributed by atoms with Crippen LogP contribution in [0, 0.1) is 0 Å². The monoisotopic (exact) mass is 527 g/mol. The van der Waals surface area contributed by atoms with Crippen molar-refractivity contribution in [2.75, 3.05) is 29.9 Å². The zero-order valence-electron chi connectivity index (χ0n) is 19.4. The fourth-order valence-electron chi connectivity index (χ4n) is 4.17. The van der Waals surface area contributed by atoms with Gasteiger partial charge in [0.25, 0.3) is 5.56 Å². The highest BCUT2D eigenvalue weighted by atomic mass is 35.5. The van der Waals surface area contributed by atoms with Gasteiger partial charge in [-0.2, -0.15) is 13.2 Å². The van der Waals surface area contributed by atoms with E-state index in [0.29, 0.717) is 37.5 Å². The van der Waals surface area contributed by atoms with Crippen LogP contribution in [0.1, 0.15) is 25.1 Å². The molecule has 3 heterocycles. The SMILES string of the molecule is CCO[C@@H]1CN(c2nccs2)C[C@H]1Nc1c(CC)nc(-c2ccc(C(F)(F)F)cc2Cl)n(C)c1=O. The molecule has 0 spiro atoms. The Morgan fingerprint density at radius 1 is 1.29 bits per heavy atom. The molecule has 2 atom stereocenters. The van der Waals surface area contributed by atoms with Crippen LogP contribution in [0.25, 0.3) is 11.4 Å². The number of hydrogen-bond acceptors (Lipinski definition) is 7. The summed E-state index contributed by atoms with van der Waals surface area (Å²) in [5.74, 6) is 0.202. The Morgan fingerprint density at radius 2 is 2.06 bits per heavy atom. The molecule has 0 bridgehead atoms. The van der Waals surface area contributed by atoms with E-state index < -0.39 is 11.7 Å². The number of nitrogens with zero attached hydrogens (tertiary/aromatic N) is 4. The topological polar surface area (TPSA) is 72.3 Å². The number of anilines is 2. The molecule has 188 valence electrons. The van der Waals surface area contributed by atoms with Gasteiger partial charge in [-0.3, -0.25) is 9.36 Å². The molecule has 1 fully saturated rings. The maximum atomic E-state index is 13.4. The van der Waals surface area contributed by atoms with Crippen LogP contribution in [0.4, 0.5) is 24.0 Å². The van der Waals surface area contributed by atoms with Crippen molar-refractivity contribution in [2.24, 2.45) is 7.05 Å². The summed E-state index contributed by atoms with van der Waals surface area (Å²) in [6.07, 6.45) is -2.50. The lowest BCUT2D eigenvalue weighted by Crippen LogP contribution is -2.38. The van der Waals surface area contributed by atoms with Crippen LogP contribution in [0.5, 0.6) is 0 Å². The molecule has 0 saturated carbocycles. The number of alkyl halides is 3. The van der Waals surface area contributed by atoms with Crippen LogP contribution in [-0.2, 0) is 24.4 Å². The minimum atomic E-state index is -4.52. The van der Waals surface area contributed by atoms with Gasteiger partial charge < -0.3 is 15.0 Å². The van der Waals surface area contributed by atoms with Crippen molar-refractivity contribution in [3.8, 4) is 11.4 Å². The first kappa shape index (κ1) is 25.5. The van der Waals surface area contributed by atoms with Crippen molar-refractivity contribution >= 4 is 33.8 Å². The average molecular weight is 528 g/mol. The Balaban J connectivity index is 1.68. The number of ether oxygens (including phenoxy) is 1. The standard InChI is InChI=1S/C23H25ClF3N5O2S/c1-4-16-19(29-17-11-32(12-18(17)34-5-2)22-28-8-9-35-22)21(33)31(3)20(30-16)14-7-6-13(10-15(14)24)23(25,26)27/h6-10,17-18,29H,4-5,11-12H2,1-3H3/t17-,18-/m1/s1. The predicted molar refractivity (Wildman–Crippen MR) is 131 cm³/mol. The average Bonchev–Trinajstić information content (AvgIpc) is 3.47. The first-order chi connectivity index (χ1) is 16.6. The summed E-state index contributed by atoms with van der Waals surface area (Å²) in [5.41, 5.74) is -0.105. The van der Waals surface area contributed by atoms with Gasteiger partial charge in [0.05, 0.1) is 28.4 Å². The fraction of sp³-hybridized carbons (Fsp3) is 0.435. The lowest BCUT2D eigenvalue weighted by atomic mass is 10.1. The number of thiazole rings is 1. The zero-order valence-corrected chi connectivity index (χ0v) is 21.0. The van der Waals surface area contributed by atoms with Crippen LogP contribution < -0.4 is 15.8 Å². The number of nitrogens with one attached hydrogen (secondary N) is 1. The van der Waals surface area contributed by atoms with E-state index in [1.807, 2.05) is 19.2 Å². The first-order valence-corrected chi connectivity index (χ1v) is 12.4. The summed E-state index contributed by atoms with van der Waals surface area (Å²) < 4.78 is 46.4. The van der Waals surface area contributed by atoms with Crippen molar-refractivity contribution in [1.82, 2.24) is 14.5 Å². The summed E-state index contributed by atoms with van der Waals surface area (Å²) in [4.78, 5) is 24.5. The number of aryl methyl sites for hydroxylation is 1. The Hall–Kier alpha value is -2.63. The van der Waals surface area contributed by atoms with E-state index in [0.717, 1.165) is 17.3 Å². The Morgan fingerprint density at radius 3 is 2.66 bits per heavy atom. The van der Waals surface area contributed by atoms with Crippen molar-refractivity contribution in [1.29, 1.82) is 0 Å². The van der Waals surface area contributed by atoms with Gasteiger partial charge in [-0.25, -0.2) is 9.97 Å². The molecule has 0 aliphatic carbocycles. The minimum absolute atomic E-state index is 0.128. The van der Waals surface area contributed by atoms with Crippen LogP contribution in [0.15, 0.2) is 34.6 Å². The highest BCUT2D eigenvalue weighted by Crippen LogP contribution is 2.35. The molecule has 3 aromatic rings. The van der Waals surface area contributed by atoms with Crippen molar-refractivity contribution in [3.05, 3.63) is 56.4 Å². The Bertz CT molecular complexity index is 1250. The van der Waals surface area contributed by atoms with E-state index in [1.165, 1.54) is 29.0 Å². The second-order valence-corrected chi connectivity index (χ2v) is 9.41. The maximum Gasteiger partial charge on any atom is 0.416 e. The van der Waals surface area contributed by atoms with Gasteiger partial charge in [-0.1, -0.05) is 18.5 Å². The fourth-order valence-corrected chi connectivity index (χ4v) is 5.10. The summed E-state index contributed by atoms with van der Waals surface area (Å²) in [5, 5.41) is 6.01. The lowest BCUT2D eigenvalue weighted by molar-refractivity contribution is -0.137. The molecule has 0 amide bonds. The molecule has 1 aromatic carbocycles. The molecule has 1 aliphatic heterocycles. The number of rotatable bonds is 7. The van der Waals surface area contributed by atoms with Gasteiger partial charge in [-0.15, -0.1) is 11.3 Å².